The van der Waals surface area contributed by atoms with Crippen LogP contribution in [0.25, 0.3) is 5.57 Å². The van der Waals surface area contributed by atoms with E-state index in [2.05, 4.69) is 0 Å². The normalized spacial score (nSPS) is 13.8. The summed E-state index contributed by atoms with van der Waals surface area (Å²) in [5.74, 6) is -0.501. The number of carbonyl (C=O) groups is 1. The summed E-state index contributed by atoms with van der Waals surface area (Å²) >= 11 is 6.12. The van der Waals surface area contributed by atoms with Crippen LogP contribution in [0.2, 0.25) is 5.02 Å². The molecule has 0 saturated heterocycles. The Balaban J connectivity index is 2.07. The lowest BCUT2D eigenvalue weighted by Gasteiger charge is -2.09. The smallest absolute Gasteiger partial charge is 0.211 e. The van der Waals surface area contributed by atoms with E-state index in [-0.39, 0.29) is 9.80 Å². The Hall–Kier alpha value is -2.69. The summed E-state index contributed by atoms with van der Waals surface area (Å²) in [7, 11) is -3.98. The van der Waals surface area contributed by atoms with Gasteiger partial charge in [-0.1, -0.05) is 60.1 Å². The summed E-state index contributed by atoms with van der Waals surface area (Å²) in [6.45, 7) is 0. The summed E-state index contributed by atoms with van der Waals surface area (Å²) < 4.78 is 26.5. The largest absolute Gasteiger partial charge is 0.288 e. The van der Waals surface area contributed by atoms with E-state index >= 15 is 0 Å². The van der Waals surface area contributed by atoms with Crippen molar-refractivity contribution in [3.05, 3.63) is 105 Å². The Morgan fingerprint density at radius 3 is 2.00 bits per heavy atom. The Kier molecular flexibility index (Phi) is 4.02. The topological polar surface area (TPSA) is 51.2 Å². The van der Waals surface area contributed by atoms with E-state index in [9.17, 15) is 13.2 Å². The third kappa shape index (κ3) is 2.59. The second-order valence-electron chi connectivity index (χ2n) is 5.91. The van der Waals surface area contributed by atoms with Gasteiger partial charge in [-0.25, -0.2) is 8.42 Å². The summed E-state index contributed by atoms with van der Waals surface area (Å²) in [4.78, 5) is 12.9. The number of ketones is 1. The van der Waals surface area contributed by atoms with E-state index in [4.69, 9.17) is 11.6 Å². The molecule has 3 aromatic rings. The van der Waals surface area contributed by atoms with Gasteiger partial charge in [-0.15, -0.1) is 0 Å². The molecule has 0 heterocycles. The van der Waals surface area contributed by atoms with Gasteiger partial charge in [-0.05, 0) is 41.5 Å². The van der Waals surface area contributed by atoms with Crippen molar-refractivity contribution < 1.29 is 13.2 Å². The molecule has 0 amide bonds. The minimum Gasteiger partial charge on any atom is -0.288 e. The molecule has 0 N–H and O–H groups in total. The van der Waals surface area contributed by atoms with Gasteiger partial charge >= 0.3 is 0 Å². The van der Waals surface area contributed by atoms with Crippen molar-refractivity contribution in [1.82, 2.24) is 0 Å². The van der Waals surface area contributed by atoms with Crippen LogP contribution in [0, 0.1) is 0 Å². The zero-order chi connectivity index (χ0) is 18.3. The molecule has 26 heavy (non-hydrogen) atoms. The van der Waals surface area contributed by atoms with E-state index in [0.717, 1.165) is 0 Å². The molecule has 0 fully saturated rings. The van der Waals surface area contributed by atoms with Crippen LogP contribution >= 0.6 is 11.6 Å². The molecule has 1 aliphatic rings. The number of benzene rings is 3. The lowest BCUT2D eigenvalue weighted by molar-refractivity contribution is 0.104. The van der Waals surface area contributed by atoms with Gasteiger partial charge < -0.3 is 0 Å². The average molecular weight is 381 g/mol. The van der Waals surface area contributed by atoms with Gasteiger partial charge in [0.1, 0.15) is 4.91 Å². The molecule has 0 saturated carbocycles. The first kappa shape index (κ1) is 16.8. The molecule has 0 aliphatic heterocycles. The number of hydrogen-bond acceptors (Lipinski definition) is 3. The van der Waals surface area contributed by atoms with Crippen LogP contribution in [0.1, 0.15) is 21.5 Å². The number of Topliss-reactive ketones (excluding diaryl/α,β-unsaturated/α-hetero) is 1. The number of fused-ring (bicyclic) bond motifs is 1. The Morgan fingerprint density at radius 2 is 1.35 bits per heavy atom. The minimum absolute atomic E-state index is 0.0932. The maximum absolute atomic E-state index is 13.3. The number of carbonyl (C=O) groups excluding carboxylic acids is 1. The lowest BCUT2D eigenvalue weighted by Crippen LogP contribution is -2.12. The summed E-state index contributed by atoms with van der Waals surface area (Å²) in [5, 5.41) is 0.448. The van der Waals surface area contributed by atoms with Gasteiger partial charge in [0.25, 0.3) is 0 Å². The predicted molar refractivity (Wildman–Crippen MR) is 102 cm³/mol. The quantitative estimate of drug-likeness (QED) is 0.657. The van der Waals surface area contributed by atoms with Crippen LogP contribution in [-0.2, 0) is 9.84 Å². The zero-order valence-electron chi connectivity index (χ0n) is 13.5. The highest BCUT2D eigenvalue weighted by Crippen LogP contribution is 2.42. The summed E-state index contributed by atoms with van der Waals surface area (Å²) in [6, 6.07) is 21.9. The third-order valence-corrected chi connectivity index (χ3v) is 6.37. The number of sulfone groups is 1. The minimum atomic E-state index is -3.98. The Labute approximate surface area is 156 Å². The molecule has 0 unspecified atom stereocenters. The van der Waals surface area contributed by atoms with Crippen molar-refractivity contribution in [1.29, 1.82) is 0 Å². The molecular weight excluding hydrogens is 368 g/mol. The molecule has 128 valence electrons. The van der Waals surface area contributed by atoms with Crippen LogP contribution in [0.3, 0.4) is 0 Å². The van der Waals surface area contributed by atoms with Crippen molar-refractivity contribution in [2.75, 3.05) is 0 Å². The Bertz CT molecular complexity index is 1150. The molecule has 5 heteroatoms. The number of rotatable bonds is 3. The molecule has 3 nitrogen and oxygen atoms in total. The van der Waals surface area contributed by atoms with Crippen molar-refractivity contribution in [2.45, 2.75) is 4.90 Å². The van der Waals surface area contributed by atoms with Crippen LogP contribution in [0.4, 0.5) is 0 Å². The first-order valence-corrected chi connectivity index (χ1v) is 9.81. The maximum Gasteiger partial charge on any atom is 0.211 e. The van der Waals surface area contributed by atoms with Crippen molar-refractivity contribution in [3.8, 4) is 0 Å². The van der Waals surface area contributed by atoms with E-state index in [1.807, 2.05) is 18.2 Å². The van der Waals surface area contributed by atoms with Gasteiger partial charge in [-0.2, -0.15) is 0 Å². The van der Waals surface area contributed by atoms with Crippen molar-refractivity contribution >= 4 is 32.8 Å². The van der Waals surface area contributed by atoms with Gasteiger partial charge in [0.05, 0.1) is 4.90 Å². The fraction of sp³-hybridized carbons (Fsp3) is 0. The zero-order valence-corrected chi connectivity index (χ0v) is 15.1. The molecule has 0 spiro atoms. The molecule has 0 aromatic heterocycles. The third-order valence-electron chi connectivity index (χ3n) is 4.31. The second-order valence-corrected chi connectivity index (χ2v) is 8.23. The Morgan fingerprint density at radius 1 is 0.731 bits per heavy atom. The molecule has 0 radical (unpaired) electrons. The highest BCUT2D eigenvalue weighted by Gasteiger charge is 2.39. The van der Waals surface area contributed by atoms with Crippen LogP contribution < -0.4 is 0 Å². The first-order valence-electron chi connectivity index (χ1n) is 7.94. The highest BCUT2D eigenvalue weighted by molar-refractivity contribution is 7.96. The average Bonchev–Trinajstić information content (AvgIpc) is 2.95. The molecule has 0 atom stereocenters. The molecule has 4 rings (SSSR count). The first-order chi connectivity index (χ1) is 12.5. The fourth-order valence-electron chi connectivity index (χ4n) is 3.14. The van der Waals surface area contributed by atoms with Crippen molar-refractivity contribution in [2.24, 2.45) is 0 Å². The lowest BCUT2D eigenvalue weighted by atomic mass is 9.99. The predicted octanol–water partition coefficient (Wildman–Crippen LogP) is 4.77. The van der Waals surface area contributed by atoms with Crippen LogP contribution in [0.5, 0.6) is 0 Å². The van der Waals surface area contributed by atoms with Crippen LogP contribution in [0.15, 0.2) is 88.7 Å². The van der Waals surface area contributed by atoms with Crippen molar-refractivity contribution in [3.63, 3.8) is 0 Å². The number of allylic oxidation sites excluding steroid dienone is 1. The van der Waals surface area contributed by atoms with Gasteiger partial charge in [0.2, 0.25) is 15.6 Å². The van der Waals surface area contributed by atoms with E-state index < -0.39 is 15.6 Å². The van der Waals surface area contributed by atoms with Gasteiger partial charge in [-0.3, -0.25) is 4.79 Å². The van der Waals surface area contributed by atoms with Gasteiger partial charge in [0, 0.05) is 16.2 Å². The number of hydrogen-bond donors (Lipinski definition) is 0. The van der Waals surface area contributed by atoms with Gasteiger partial charge in [0.15, 0.2) is 0 Å². The highest BCUT2D eigenvalue weighted by atomic mass is 35.5. The summed E-state index contributed by atoms with van der Waals surface area (Å²) in [6.07, 6.45) is 0. The SMILES string of the molecule is O=C1C(S(=O)(=O)c2ccccc2)=C(c2ccccc2)c2cc(Cl)ccc21. The standard InChI is InChI=1S/C21H13ClO3S/c22-15-11-12-17-18(13-15)19(14-7-3-1-4-8-14)21(20(17)23)26(24,25)16-9-5-2-6-10-16/h1-13H. The number of halogens is 1. The summed E-state index contributed by atoms with van der Waals surface area (Å²) in [5.41, 5.74) is 1.96. The molecule has 0 bridgehead atoms. The maximum atomic E-state index is 13.3. The van der Waals surface area contributed by atoms with E-state index in [1.165, 1.54) is 12.1 Å². The molecular formula is C21H13ClO3S. The fourth-order valence-corrected chi connectivity index (χ4v) is 4.92. The monoisotopic (exact) mass is 380 g/mol. The van der Waals surface area contributed by atoms with Crippen LogP contribution in [-0.4, -0.2) is 14.2 Å². The molecule has 1 aliphatic carbocycles. The van der Waals surface area contributed by atoms with E-state index in [1.54, 1.807) is 48.5 Å². The second kappa shape index (κ2) is 6.24. The molecule has 3 aromatic carbocycles. The van der Waals surface area contributed by atoms with E-state index in [0.29, 0.717) is 27.3 Å².